The summed E-state index contributed by atoms with van der Waals surface area (Å²) < 4.78 is 2.17. The maximum atomic E-state index is 12.9. The van der Waals surface area contributed by atoms with Gasteiger partial charge in [-0.2, -0.15) is 0 Å². The molecule has 1 aromatic heterocycles. The van der Waals surface area contributed by atoms with Gasteiger partial charge >= 0.3 is 0 Å². The molecule has 0 radical (unpaired) electrons. The molecule has 0 spiro atoms. The second kappa shape index (κ2) is 5.64. The third kappa shape index (κ3) is 2.81. The highest BCUT2D eigenvalue weighted by Crippen LogP contribution is 2.60. The van der Waals surface area contributed by atoms with Gasteiger partial charge in [-0.3, -0.25) is 4.79 Å². The summed E-state index contributed by atoms with van der Waals surface area (Å²) in [6, 6.07) is 0. The van der Waals surface area contributed by atoms with E-state index >= 15 is 0 Å². The molecule has 1 aromatic rings. The van der Waals surface area contributed by atoms with Crippen molar-refractivity contribution in [2.24, 2.45) is 29.1 Å². The molecule has 4 aliphatic carbocycles. The molecule has 23 heavy (non-hydrogen) atoms. The van der Waals surface area contributed by atoms with E-state index in [1.165, 1.54) is 19.3 Å². The van der Waals surface area contributed by atoms with Crippen LogP contribution in [0.15, 0.2) is 12.4 Å². The molecule has 1 N–H and O–H groups in total. The van der Waals surface area contributed by atoms with E-state index in [9.17, 15) is 4.79 Å². The fourth-order valence-corrected chi connectivity index (χ4v) is 5.84. The van der Waals surface area contributed by atoms with E-state index in [0.29, 0.717) is 11.8 Å². The van der Waals surface area contributed by atoms with Crippen LogP contribution >= 0.6 is 0 Å². The van der Waals surface area contributed by atoms with E-state index < -0.39 is 0 Å². The second-order valence-corrected chi connectivity index (χ2v) is 8.64. The zero-order chi connectivity index (χ0) is 16.0. The quantitative estimate of drug-likeness (QED) is 0.907. The van der Waals surface area contributed by atoms with Crippen molar-refractivity contribution in [1.82, 2.24) is 14.9 Å². The number of carbonyl (C=O) groups is 1. The highest BCUT2D eigenvalue weighted by molar-refractivity contribution is 5.83. The largest absolute Gasteiger partial charge is 0.355 e. The van der Waals surface area contributed by atoms with Crippen LogP contribution in [0.2, 0.25) is 0 Å². The second-order valence-electron chi connectivity index (χ2n) is 8.64. The fraction of sp³-hybridized carbons (Fsp3) is 0.789. The average Bonchev–Trinajstić information content (AvgIpc) is 2.88. The Morgan fingerprint density at radius 1 is 1.30 bits per heavy atom. The lowest BCUT2D eigenvalue weighted by molar-refractivity contribution is -0.146. The van der Waals surface area contributed by atoms with Gasteiger partial charge in [0, 0.05) is 30.9 Å². The van der Waals surface area contributed by atoms with Crippen LogP contribution in [0.25, 0.3) is 0 Å². The first-order valence-corrected chi connectivity index (χ1v) is 9.30. The minimum Gasteiger partial charge on any atom is -0.355 e. The number of hydrogen-bond acceptors (Lipinski definition) is 2. The van der Waals surface area contributed by atoms with Gasteiger partial charge in [0.25, 0.3) is 0 Å². The Kier molecular flexibility index (Phi) is 3.73. The van der Waals surface area contributed by atoms with Crippen LogP contribution in [0.1, 0.15) is 51.3 Å². The molecule has 126 valence electrons. The SMILES string of the molecule is Cc1nccn1CC(C)CNC(=O)C12CC3CC(CC(C3)C1)C2. The van der Waals surface area contributed by atoms with Crippen LogP contribution in [0.3, 0.4) is 0 Å². The van der Waals surface area contributed by atoms with Gasteiger partial charge in [-0.15, -0.1) is 0 Å². The molecule has 4 saturated carbocycles. The molecule has 4 aliphatic rings. The molecule has 4 bridgehead atoms. The summed E-state index contributed by atoms with van der Waals surface area (Å²) in [4.78, 5) is 17.2. The molecule has 1 amide bonds. The van der Waals surface area contributed by atoms with Crippen molar-refractivity contribution >= 4 is 5.91 Å². The number of aromatic nitrogens is 2. The highest BCUT2D eigenvalue weighted by Gasteiger charge is 2.54. The fourth-order valence-electron chi connectivity index (χ4n) is 5.84. The molecule has 0 aliphatic heterocycles. The summed E-state index contributed by atoms with van der Waals surface area (Å²) in [5.74, 6) is 4.32. The summed E-state index contributed by atoms with van der Waals surface area (Å²) in [6.07, 6.45) is 11.5. The maximum absolute atomic E-state index is 12.9. The molecule has 1 atom stereocenters. The van der Waals surface area contributed by atoms with Crippen LogP contribution in [-0.2, 0) is 11.3 Å². The summed E-state index contributed by atoms with van der Waals surface area (Å²) in [6.45, 7) is 5.94. The molecule has 5 rings (SSSR count). The lowest BCUT2D eigenvalue weighted by Gasteiger charge is -2.55. The predicted octanol–water partition coefficient (Wildman–Crippen LogP) is 3.16. The van der Waals surface area contributed by atoms with Crippen LogP contribution in [0.4, 0.5) is 0 Å². The smallest absolute Gasteiger partial charge is 0.226 e. The van der Waals surface area contributed by atoms with Crippen molar-refractivity contribution in [3.63, 3.8) is 0 Å². The molecule has 4 heteroatoms. The standard InChI is InChI=1S/C19H29N3O/c1-13(12-22-4-3-20-14(22)2)11-21-18(23)19-8-15-5-16(9-19)7-17(6-15)10-19/h3-4,13,15-17H,5-12H2,1-2H3,(H,21,23). The van der Waals surface area contributed by atoms with Gasteiger partial charge in [0.1, 0.15) is 5.82 Å². The van der Waals surface area contributed by atoms with E-state index in [-0.39, 0.29) is 5.41 Å². The van der Waals surface area contributed by atoms with Crippen molar-refractivity contribution in [2.75, 3.05) is 6.54 Å². The van der Waals surface area contributed by atoms with Gasteiger partial charge in [0.05, 0.1) is 0 Å². The van der Waals surface area contributed by atoms with E-state index in [1.807, 2.05) is 19.3 Å². The van der Waals surface area contributed by atoms with Gasteiger partial charge in [-0.05, 0) is 69.1 Å². The lowest BCUT2D eigenvalue weighted by atomic mass is 9.49. The highest BCUT2D eigenvalue weighted by atomic mass is 16.2. The third-order valence-corrected chi connectivity index (χ3v) is 6.56. The number of amides is 1. The predicted molar refractivity (Wildman–Crippen MR) is 89.7 cm³/mol. The number of hydrogen-bond donors (Lipinski definition) is 1. The molecule has 4 nitrogen and oxygen atoms in total. The summed E-state index contributed by atoms with van der Waals surface area (Å²) in [5, 5.41) is 3.30. The molecular formula is C19H29N3O. The third-order valence-electron chi connectivity index (χ3n) is 6.56. The van der Waals surface area contributed by atoms with Crippen LogP contribution < -0.4 is 5.32 Å². The number of nitrogens with one attached hydrogen (secondary N) is 1. The number of carbonyl (C=O) groups excluding carboxylic acids is 1. The van der Waals surface area contributed by atoms with Gasteiger partial charge in [0.2, 0.25) is 5.91 Å². The zero-order valence-corrected chi connectivity index (χ0v) is 14.4. The number of aryl methyl sites for hydroxylation is 1. The van der Waals surface area contributed by atoms with Crippen LogP contribution in [0.5, 0.6) is 0 Å². The van der Waals surface area contributed by atoms with Crippen molar-refractivity contribution in [2.45, 2.75) is 58.9 Å². The topological polar surface area (TPSA) is 46.9 Å². The zero-order valence-electron chi connectivity index (χ0n) is 14.4. The maximum Gasteiger partial charge on any atom is 0.226 e. The van der Waals surface area contributed by atoms with Crippen molar-refractivity contribution in [3.8, 4) is 0 Å². The summed E-state index contributed by atoms with van der Waals surface area (Å²) in [7, 11) is 0. The Morgan fingerprint density at radius 3 is 2.43 bits per heavy atom. The minimum absolute atomic E-state index is 0.0145. The normalized spacial score (nSPS) is 36.2. The first kappa shape index (κ1) is 15.2. The van der Waals surface area contributed by atoms with Crippen LogP contribution in [0, 0.1) is 36.0 Å². The van der Waals surface area contributed by atoms with Crippen molar-refractivity contribution in [1.29, 1.82) is 0 Å². The molecule has 1 heterocycles. The molecular weight excluding hydrogens is 286 g/mol. The minimum atomic E-state index is -0.0145. The van der Waals surface area contributed by atoms with Gasteiger partial charge < -0.3 is 9.88 Å². The van der Waals surface area contributed by atoms with E-state index in [0.717, 1.165) is 55.9 Å². The van der Waals surface area contributed by atoms with Crippen molar-refractivity contribution < 1.29 is 4.79 Å². The average molecular weight is 315 g/mol. The Labute approximate surface area is 139 Å². The van der Waals surface area contributed by atoms with Crippen molar-refractivity contribution in [3.05, 3.63) is 18.2 Å². The summed E-state index contributed by atoms with van der Waals surface area (Å²) in [5.41, 5.74) is -0.0145. The van der Waals surface area contributed by atoms with Gasteiger partial charge in [-0.1, -0.05) is 6.92 Å². The number of nitrogens with zero attached hydrogens (tertiary/aromatic N) is 2. The van der Waals surface area contributed by atoms with E-state index in [2.05, 4.69) is 21.8 Å². The molecule has 0 aromatic carbocycles. The molecule has 4 fully saturated rings. The first-order chi connectivity index (χ1) is 11.0. The Bertz CT molecular complexity index is 556. The summed E-state index contributed by atoms with van der Waals surface area (Å²) >= 11 is 0. The first-order valence-electron chi connectivity index (χ1n) is 9.30. The van der Waals surface area contributed by atoms with E-state index in [1.54, 1.807) is 0 Å². The van der Waals surface area contributed by atoms with Crippen LogP contribution in [-0.4, -0.2) is 22.0 Å². The van der Waals surface area contributed by atoms with Gasteiger partial charge in [-0.25, -0.2) is 4.98 Å². The molecule has 1 unspecified atom stereocenters. The Hall–Kier alpha value is -1.32. The Morgan fingerprint density at radius 2 is 1.91 bits per heavy atom. The molecule has 0 saturated heterocycles. The number of imidazole rings is 1. The monoisotopic (exact) mass is 315 g/mol. The van der Waals surface area contributed by atoms with E-state index in [4.69, 9.17) is 0 Å². The lowest BCUT2D eigenvalue weighted by Crippen LogP contribution is -2.54. The number of rotatable bonds is 5. The van der Waals surface area contributed by atoms with Gasteiger partial charge in [0.15, 0.2) is 0 Å². The Balaban J connectivity index is 1.34.